The summed E-state index contributed by atoms with van der Waals surface area (Å²) in [5.41, 5.74) is 0.704. The van der Waals surface area contributed by atoms with E-state index in [2.05, 4.69) is 9.71 Å². The van der Waals surface area contributed by atoms with Crippen LogP contribution in [0.3, 0.4) is 0 Å². The molecule has 26 heavy (non-hydrogen) atoms. The summed E-state index contributed by atoms with van der Waals surface area (Å²) in [5.74, 6) is -0.285. The summed E-state index contributed by atoms with van der Waals surface area (Å²) in [7, 11) is -3.84. The first kappa shape index (κ1) is 18.4. The number of nitrogens with one attached hydrogen (secondary N) is 1. The van der Waals surface area contributed by atoms with Crippen LogP contribution in [0, 0.1) is 0 Å². The number of sulfonamides is 1. The molecule has 0 aliphatic carbocycles. The first-order valence-electron chi connectivity index (χ1n) is 8.55. The van der Waals surface area contributed by atoms with Gasteiger partial charge in [0, 0.05) is 19.9 Å². The van der Waals surface area contributed by atoms with Crippen molar-refractivity contribution >= 4 is 33.4 Å². The van der Waals surface area contributed by atoms with E-state index in [0.29, 0.717) is 24.5 Å². The fraction of sp³-hybridized carbons (Fsp3) is 0.471. The number of benzene rings is 1. The molecule has 9 heteroatoms. The Morgan fingerprint density at radius 1 is 1.27 bits per heavy atom. The number of anilines is 1. The van der Waals surface area contributed by atoms with Gasteiger partial charge in [-0.05, 0) is 31.0 Å². The van der Waals surface area contributed by atoms with Gasteiger partial charge in [-0.15, -0.1) is 4.40 Å². The molecular weight excluding hydrogens is 358 g/mol. The maximum absolute atomic E-state index is 12.5. The third-order valence-corrected chi connectivity index (χ3v) is 5.63. The van der Waals surface area contributed by atoms with Gasteiger partial charge >= 0.3 is 5.97 Å². The van der Waals surface area contributed by atoms with Crippen molar-refractivity contribution in [2.75, 3.05) is 24.6 Å². The molecule has 8 nitrogen and oxygen atoms in total. The molecule has 3 rings (SSSR count). The molecule has 0 radical (unpaired) electrons. The van der Waals surface area contributed by atoms with Crippen LogP contribution in [0.4, 0.5) is 5.69 Å². The number of rotatable bonds is 4. The van der Waals surface area contributed by atoms with Gasteiger partial charge < -0.3 is 15.0 Å². The zero-order valence-corrected chi connectivity index (χ0v) is 15.3. The van der Waals surface area contributed by atoms with Crippen molar-refractivity contribution in [1.29, 1.82) is 0 Å². The number of amides is 1. The lowest BCUT2D eigenvalue weighted by atomic mass is 10.2. The zero-order valence-electron chi connectivity index (χ0n) is 14.5. The number of carbonyl (C=O) groups is 2. The van der Waals surface area contributed by atoms with Crippen molar-refractivity contribution in [2.45, 2.75) is 37.5 Å². The Morgan fingerprint density at radius 2 is 2.08 bits per heavy atom. The monoisotopic (exact) mass is 379 g/mol. The number of carbonyl (C=O) groups excluding carboxylic acids is 2. The molecule has 2 aliphatic heterocycles. The summed E-state index contributed by atoms with van der Waals surface area (Å²) in [6.07, 6.45) is 3.54. The maximum Gasteiger partial charge on any atom is 0.338 e. The summed E-state index contributed by atoms with van der Waals surface area (Å²) in [6.45, 7) is 2.29. The minimum atomic E-state index is -3.84. The van der Waals surface area contributed by atoms with Crippen molar-refractivity contribution in [2.24, 2.45) is 4.40 Å². The Labute approximate surface area is 152 Å². The Kier molecular flexibility index (Phi) is 5.26. The van der Waals surface area contributed by atoms with E-state index in [0.717, 1.165) is 19.3 Å². The van der Waals surface area contributed by atoms with Crippen molar-refractivity contribution in [1.82, 2.24) is 5.32 Å². The predicted octanol–water partition coefficient (Wildman–Crippen LogP) is 1.46. The fourth-order valence-corrected chi connectivity index (χ4v) is 4.35. The number of hydrogen-bond acceptors (Lipinski definition) is 6. The first-order valence-corrected chi connectivity index (χ1v) is 9.99. The van der Waals surface area contributed by atoms with E-state index in [4.69, 9.17) is 4.74 Å². The highest BCUT2D eigenvalue weighted by Crippen LogP contribution is 2.35. The lowest BCUT2D eigenvalue weighted by Gasteiger charge is -2.29. The van der Waals surface area contributed by atoms with Crippen LogP contribution in [0.2, 0.25) is 0 Å². The Bertz CT molecular complexity index is 863. The quantitative estimate of drug-likeness (QED) is 0.627. The molecule has 2 heterocycles. The maximum atomic E-state index is 12.5. The highest BCUT2D eigenvalue weighted by molar-refractivity contribution is 7.90. The normalized spacial score (nSPS) is 18.0. The standard InChI is InChI=1S/C17H21N3O5S/c1-12(21)18-8-10-25-17(22)13-6-7-14-15(11-13)26(23,24)19-16-5-3-2-4-9-20(14)16/h6-7,11H,2-5,8-10H2,1H3,(H,18,21). The fourth-order valence-electron chi connectivity index (χ4n) is 3.06. The van der Waals surface area contributed by atoms with Crippen LogP contribution in [0.1, 0.15) is 43.0 Å². The van der Waals surface area contributed by atoms with Crippen molar-refractivity contribution < 1.29 is 22.7 Å². The Hall–Kier alpha value is -2.42. The minimum absolute atomic E-state index is 0.0106. The molecule has 1 aromatic rings. The molecule has 2 aliphatic rings. The average molecular weight is 379 g/mol. The summed E-state index contributed by atoms with van der Waals surface area (Å²) < 4.78 is 34.1. The first-order chi connectivity index (χ1) is 12.4. The second-order valence-electron chi connectivity index (χ2n) is 6.25. The Balaban J connectivity index is 1.82. The smallest absolute Gasteiger partial charge is 0.338 e. The van der Waals surface area contributed by atoms with Crippen LogP contribution in [0.15, 0.2) is 27.5 Å². The van der Waals surface area contributed by atoms with E-state index in [1.54, 1.807) is 12.1 Å². The summed E-state index contributed by atoms with van der Waals surface area (Å²) in [4.78, 5) is 24.9. The summed E-state index contributed by atoms with van der Waals surface area (Å²) >= 11 is 0. The van der Waals surface area contributed by atoms with E-state index in [1.807, 2.05) is 4.90 Å². The molecule has 140 valence electrons. The molecule has 1 amide bonds. The van der Waals surface area contributed by atoms with E-state index in [-0.39, 0.29) is 29.5 Å². The van der Waals surface area contributed by atoms with Gasteiger partial charge in [-0.1, -0.05) is 6.42 Å². The van der Waals surface area contributed by atoms with Gasteiger partial charge in [0.05, 0.1) is 17.8 Å². The molecular formula is C17H21N3O5S. The van der Waals surface area contributed by atoms with E-state index >= 15 is 0 Å². The summed E-state index contributed by atoms with van der Waals surface area (Å²) in [6, 6.07) is 4.51. The largest absolute Gasteiger partial charge is 0.460 e. The highest BCUT2D eigenvalue weighted by atomic mass is 32.2. The van der Waals surface area contributed by atoms with Gasteiger partial charge in [-0.3, -0.25) is 4.79 Å². The predicted molar refractivity (Wildman–Crippen MR) is 95.8 cm³/mol. The van der Waals surface area contributed by atoms with Crippen molar-refractivity contribution in [3.8, 4) is 0 Å². The second-order valence-corrected chi connectivity index (χ2v) is 7.82. The van der Waals surface area contributed by atoms with E-state index in [1.165, 1.54) is 13.0 Å². The third kappa shape index (κ3) is 3.87. The van der Waals surface area contributed by atoms with Crippen LogP contribution >= 0.6 is 0 Å². The molecule has 0 atom stereocenters. The lowest BCUT2D eigenvalue weighted by molar-refractivity contribution is -0.119. The van der Waals surface area contributed by atoms with Gasteiger partial charge in [0.15, 0.2) is 0 Å². The number of nitrogens with zero attached hydrogens (tertiary/aromatic N) is 2. The SMILES string of the molecule is CC(=O)NCCOC(=O)c1ccc2c(c1)S(=O)(=O)N=C1CCCCCN12. The molecule has 1 fully saturated rings. The average Bonchev–Trinajstić information content (AvgIpc) is 2.83. The number of esters is 1. The summed E-state index contributed by atoms with van der Waals surface area (Å²) in [5, 5.41) is 2.52. The van der Waals surface area contributed by atoms with Crippen LogP contribution in [0.25, 0.3) is 0 Å². The van der Waals surface area contributed by atoms with Gasteiger partial charge in [0.2, 0.25) is 5.91 Å². The zero-order chi connectivity index (χ0) is 18.7. The number of amidine groups is 1. The van der Waals surface area contributed by atoms with Crippen LogP contribution in [-0.4, -0.2) is 45.8 Å². The van der Waals surface area contributed by atoms with Crippen LogP contribution < -0.4 is 10.2 Å². The van der Waals surface area contributed by atoms with Gasteiger partial charge in [-0.2, -0.15) is 8.42 Å². The minimum Gasteiger partial charge on any atom is -0.460 e. The van der Waals surface area contributed by atoms with Crippen molar-refractivity contribution in [3.63, 3.8) is 0 Å². The van der Waals surface area contributed by atoms with Crippen LogP contribution in [-0.2, 0) is 19.6 Å². The molecule has 1 saturated heterocycles. The molecule has 1 aromatic carbocycles. The molecule has 1 N–H and O–H groups in total. The Morgan fingerprint density at radius 3 is 2.85 bits per heavy atom. The van der Waals surface area contributed by atoms with E-state index in [9.17, 15) is 18.0 Å². The van der Waals surface area contributed by atoms with Crippen molar-refractivity contribution in [3.05, 3.63) is 23.8 Å². The van der Waals surface area contributed by atoms with E-state index < -0.39 is 16.0 Å². The molecule has 0 saturated carbocycles. The lowest BCUT2D eigenvalue weighted by Crippen LogP contribution is -2.35. The van der Waals surface area contributed by atoms with Gasteiger partial charge in [0.25, 0.3) is 10.0 Å². The molecule has 0 spiro atoms. The number of hydrogen-bond donors (Lipinski definition) is 1. The molecule has 0 bridgehead atoms. The van der Waals surface area contributed by atoms with Gasteiger partial charge in [0.1, 0.15) is 17.3 Å². The molecule has 0 aromatic heterocycles. The molecule has 0 unspecified atom stereocenters. The topological polar surface area (TPSA) is 105 Å². The van der Waals surface area contributed by atoms with Crippen LogP contribution in [0.5, 0.6) is 0 Å². The van der Waals surface area contributed by atoms with Gasteiger partial charge in [-0.25, -0.2) is 4.79 Å². The highest BCUT2D eigenvalue weighted by Gasteiger charge is 2.32. The number of ether oxygens (including phenoxy) is 1. The third-order valence-electron chi connectivity index (χ3n) is 4.29. The number of fused-ring (bicyclic) bond motifs is 3. The second kappa shape index (κ2) is 7.45.